The van der Waals surface area contributed by atoms with Crippen LogP contribution in [0.25, 0.3) is 0 Å². The smallest absolute Gasteiger partial charge is 0.165 e. The third-order valence-electron chi connectivity index (χ3n) is 4.87. The number of methoxy groups -OCH3 is 2. The number of piperidine rings is 1. The highest BCUT2D eigenvalue weighted by atomic mass is 16.5. The number of hydrogen-bond acceptors (Lipinski definition) is 4. The number of nitrogens with zero attached hydrogens (tertiary/aromatic N) is 3. The molecular weight excluding hydrogens is 302 g/mol. The van der Waals surface area contributed by atoms with Crippen molar-refractivity contribution in [3.05, 3.63) is 42.0 Å². The predicted octanol–water partition coefficient (Wildman–Crippen LogP) is 2.89. The van der Waals surface area contributed by atoms with Gasteiger partial charge in [0.15, 0.2) is 11.5 Å². The Hall–Kier alpha value is -2.01. The van der Waals surface area contributed by atoms with Crippen LogP contribution in [0.1, 0.15) is 24.2 Å². The van der Waals surface area contributed by atoms with E-state index in [4.69, 9.17) is 9.47 Å². The highest BCUT2D eigenvalue weighted by Gasteiger charge is 2.23. The third-order valence-corrected chi connectivity index (χ3v) is 4.87. The van der Waals surface area contributed by atoms with Gasteiger partial charge in [0.25, 0.3) is 0 Å². The number of benzene rings is 1. The molecule has 0 aliphatic carbocycles. The maximum absolute atomic E-state index is 5.57. The molecule has 1 saturated heterocycles. The summed E-state index contributed by atoms with van der Waals surface area (Å²) in [7, 11) is 5.47. The summed E-state index contributed by atoms with van der Waals surface area (Å²) in [5.41, 5.74) is 1.19. The molecule has 130 valence electrons. The Morgan fingerprint density at radius 2 is 2.12 bits per heavy atom. The monoisotopic (exact) mass is 329 g/mol. The minimum atomic E-state index is 0.663. The van der Waals surface area contributed by atoms with Crippen LogP contribution >= 0.6 is 0 Å². The van der Waals surface area contributed by atoms with Gasteiger partial charge in [-0.25, -0.2) is 4.98 Å². The third kappa shape index (κ3) is 3.73. The van der Waals surface area contributed by atoms with E-state index in [0.29, 0.717) is 5.92 Å². The van der Waals surface area contributed by atoms with Gasteiger partial charge < -0.3 is 14.0 Å². The quantitative estimate of drug-likeness (QED) is 0.817. The number of rotatable bonds is 6. The molecule has 3 rings (SSSR count). The molecule has 1 aliphatic rings. The Morgan fingerprint density at radius 3 is 2.83 bits per heavy atom. The van der Waals surface area contributed by atoms with Crippen molar-refractivity contribution in [2.45, 2.75) is 25.8 Å². The average Bonchev–Trinajstić information content (AvgIpc) is 3.00. The minimum Gasteiger partial charge on any atom is -0.493 e. The highest BCUT2D eigenvalue weighted by Crippen LogP contribution is 2.32. The first-order valence-electron chi connectivity index (χ1n) is 8.59. The summed E-state index contributed by atoms with van der Waals surface area (Å²) in [4.78, 5) is 7.00. The molecule has 0 bridgehead atoms. The van der Waals surface area contributed by atoms with Gasteiger partial charge in [-0.3, -0.25) is 4.90 Å². The Morgan fingerprint density at radius 1 is 1.25 bits per heavy atom. The summed E-state index contributed by atoms with van der Waals surface area (Å²) >= 11 is 0. The molecule has 0 radical (unpaired) electrons. The maximum Gasteiger partial charge on any atom is 0.165 e. The fourth-order valence-corrected chi connectivity index (χ4v) is 3.63. The number of aryl methyl sites for hydroxylation is 1. The molecule has 0 unspecified atom stereocenters. The van der Waals surface area contributed by atoms with Crippen LogP contribution < -0.4 is 9.47 Å². The molecule has 1 aromatic heterocycles. The van der Waals surface area contributed by atoms with E-state index in [1.165, 1.54) is 24.2 Å². The molecular formula is C19H27N3O2. The summed E-state index contributed by atoms with van der Waals surface area (Å²) in [6.45, 7) is 3.14. The predicted molar refractivity (Wildman–Crippen MR) is 94.5 cm³/mol. The molecule has 0 saturated carbocycles. The second-order valence-corrected chi connectivity index (χ2v) is 6.55. The van der Waals surface area contributed by atoms with Crippen LogP contribution in [-0.4, -0.2) is 41.8 Å². The van der Waals surface area contributed by atoms with E-state index in [1.54, 1.807) is 14.2 Å². The minimum absolute atomic E-state index is 0.663. The molecule has 2 heterocycles. The number of likely N-dealkylation sites (tertiary alicyclic amines) is 1. The first-order valence-corrected chi connectivity index (χ1v) is 8.59. The van der Waals surface area contributed by atoms with E-state index in [-0.39, 0.29) is 0 Å². The van der Waals surface area contributed by atoms with Gasteiger partial charge in [0.05, 0.1) is 14.2 Å². The van der Waals surface area contributed by atoms with Crippen molar-refractivity contribution in [2.24, 2.45) is 13.0 Å². The summed E-state index contributed by atoms with van der Waals surface area (Å²) < 4.78 is 13.1. The van der Waals surface area contributed by atoms with Crippen LogP contribution in [0.2, 0.25) is 0 Å². The second-order valence-electron chi connectivity index (χ2n) is 6.55. The van der Waals surface area contributed by atoms with Gasteiger partial charge in [0, 0.05) is 44.5 Å². The Kier molecular flexibility index (Phi) is 5.41. The summed E-state index contributed by atoms with van der Waals surface area (Å²) in [6, 6.07) is 6.11. The largest absolute Gasteiger partial charge is 0.493 e. The van der Waals surface area contributed by atoms with Crippen molar-refractivity contribution in [2.75, 3.05) is 27.3 Å². The molecule has 1 aromatic carbocycles. The van der Waals surface area contributed by atoms with Gasteiger partial charge in [0.2, 0.25) is 0 Å². The normalized spacial score (nSPS) is 18.5. The lowest BCUT2D eigenvalue weighted by atomic mass is 9.94. The van der Waals surface area contributed by atoms with Crippen molar-refractivity contribution in [1.29, 1.82) is 0 Å². The lowest BCUT2D eigenvalue weighted by molar-refractivity contribution is 0.163. The van der Waals surface area contributed by atoms with E-state index >= 15 is 0 Å². The molecule has 5 nitrogen and oxygen atoms in total. The van der Waals surface area contributed by atoms with Crippen LogP contribution in [0.5, 0.6) is 11.5 Å². The molecule has 24 heavy (non-hydrogen) atoms. The fourth-order valence-electron chi connectivity index (χ4n) is 3.63. The molecule has 5 heteroatoms. The zero-order chi connectivity index (χ0) is 16.9. The fraction of sp³-hybridized carbons (Fsp3) is 0.526. The number of imidazole rings is 1. The van der Waals surface area contributed by atoms with Gasteiger partial charge >= 0.3 is 0 Å². The van der Waals surface area contributed by atoms with Crippen LogP contribution in [0.4, 0.5) is 0 Å². The van der Waals surface area contributed by atoms with Gasteiger partial charge in [-0.15, -0.1) is 0 Å². The van der Waals surface area contributed by atoms with E-state index in [9.17, 15) is 0 Å². The zero-order valence-electron chi connectivity index (χ0n) is 14.9. The molecule has 1 aliphatic heterocycles. The maximum atomic E-state index is 5.57. The van der Waals surface area contributed by atoms with Gasteiger partial charge in [-0.1, -0.05) is 12.1 Å². The van der Waals surface area contributed by atoms with Crippen molar-refractivity contribution in [3.8, 4) is 11.5 Å². The number of aromatic nitrogens is 2. The lowest BCUT2D eigenvalue weighted by Crippen LogP contribution is -2.36. The van der Waals surface area contributed by atoms with E-state index in [1.807, 2.05) is 24.5 Å². The molecule has 1 atom stereocenters. The standard InChI is InChI=1S/C19H27N3O2/c1-21-11-9-20-18(21)12-15-6-5-10-22(13-15)14-16-7-4-8-17(23-2)19(16)24-3/h4,7-9,11,15H,5-6,10,12-14H2,1-3H3/t15-/m1/s1. The Bertz CT molecular complexity index is 668. The molecule has 0 amide bonds. The Labute approximate surface area is 144 Å². The molecule has 0 spiro atoms. The lowest BCUT2D eigenvalue weighted by Gasteiger charge is -2.33. The summed E-state index contributed by atoms with van der Waals surface area (Å²) in [5.74, 6) is 3.50. The molecule has 2 aromatic rings. The van der Waals surface area contributed by atoms with Gasteiger partial charge in [-0.2, -0.15) is 0 Å². The highest BCUT2D eigenvalue weighted by molar-refractivity contribution is 5.46. The number of para-hydroxylation sites is 1. The summed E-state index contributed by atoms with van der Waals surface area (Å²) in [5, 5.41) is 0. The van der Waals surface area contributed by atoms with Crippen LogP contribution in [0.3, 0.4) is 0 Å². The van der Waals surface area contributed by atoms with Crippen LogP contribution in [-0.2, 0) is 20.0 Å². The number of ether oxygens (including phenoxy) is 2. The Balaban J connectivity index is 1.66. The van der Waals surface area contributed by atoms with Gasteiger partial charge in [-0.05, 0) is 31.4 Å². The average molecular weight is 329 g/mol. The van der Waals surface area contributed by atoms with E-state index in [0.717, 1.165) is 37.6 Å². The van der Waals surface area contributed by atoms with Crippen molar-refractivity contribution >= 4 is 0 Å². The van der Waals surface area contributed by atoms with Crippen LogP contribution in [0, 0.1) is 5.92 Å². The zero-order valence-corrected chi connectivity index (χ0v) is 14.9. The molecule has 0 N–H and O–H groups in total. The second kappa shape index (κ2) is 7.71. The van der Waals surface area contributed by atoms with Gasteiger partial charge in [0.1, 0.15) is 5.82 Å². The first-order chi connectivity index (χ1) is 11.7. The SMILES string of the molecule is COc1cccc(CN2CCC[C@H](Cc3nccn3C)C2)c1OC. The summed E-state index contributed by atoms with van der Waals surface area (Å²) in [6.07, 6.45) is 7.48. The van der Waals surface area contributed by atoms with E-state index in [2.05, 4.69) is 27.6 Å². The number of hydrogen-bond donors (Lipinski definition) is 0. The topological polar surface area (TPSA) is 39.5 Å². The van der Waals surface area contributed by atoms with Crippen molar-refractivity contribution in [3.63, 3.8) is 0 Å². The van der Waals surface area contributed by atoms with E-state index < -0.39 is 0 Å². The van der Waals surface area contributed by atoms with Crippen molar-refractivity contribution < 1.29 is 9.47 Å². The van der Waals surface area contributed by atoms with Crippen molar-refractivity contribution in [1.82, 2.24) is 14.5 Å². The van der Waals surface area contributed by atoms with Crippen LogP contribution in [0.15, 0.2) is 30.6 Å². The molecule has 1 fully saturated rings. The first kappa shape index (κ1) is 16.8.